The van der Waals surface area contributed by atoms with Crippen molar-refractivity contribution in [3.05, 3.63) is 131 Å². The van der Waals surface area contributed by atoms with E-state index in [1.165, 1.54) is 14.2 Å². The van der Waals surface area contributed by atoms with E-state index in [1.807, 2.05) is 79.7 Å². The van der Waals surface area contributed by atoms with E-state index in [4.69, 9.17) is 14.2 Å². The fourth-order valence-electron chi connectivity index (χ4n) is 5.71. The van der Waals surface area contributed by atoms with Crippen LogP contribution in [0.2, 0.25) is 0 Å². The van der Waals surface area contributed by atoms with Gasteiger partial charge in [0.25, 0.3) is 0 Å². The summed E-state index contributed by atoms with van der Waals surface area (Å²) in [5.74, 6) is -2.12. The second-order valence-electron chi connectivity index (χ2n) is 9.91. The molecule has 7 nitrogen and oxygen atoms in total. The minimum Gasteiger partial charge on any atom is -0.465 e. The molecule has 0 aromatic heterocycles. The number of esters is 2. The van der Waals surface area contributed by atoms with E-state index < -0.39 is 29.6 Å². The van der Waals surface area contributed by atoms with Gasteiger partial charge >= 0.3 is 11.9 Å². The molecular formula is C34H27NO6. The van der Waals surface area contributed by atoms with Crippen LogP contribution in [-0.2, 0) is 29.4 Å². The number of Topliss-reactive ketones (excluding diaryl/α,β-unsaturated/α-hetero) is 1. The van der Waals surface area contributed by atoms with Crippen LogP contribution in [0.5, 0.6) is 0 Å². The Morgan fingerprint density at radius 2 is 1.54 bits per heavy atom. The largest absolute Gasteiger partial charge is 0.465 e. The molecule has 2 atom stereocenters. The molecule has 0 fully saturated rings. The first-order valence-electron chi connectivity index (χ1n) is 13.2. The SMILES string of the molecule is COC(=O)C1=C(C(=O)OC)[C@@]2(OC(/C=C/c3ccccc3)N1c1ccc(C)cc1)C(=O)c1cccc3cccc2c13. The molecule has 4 aromatic rings. The maximum atomic E-state index is 14.5. The normalized spacial score (nSPS) is 19.8. The quantitative estimate of drug-likeness (QED) is 0.297. The van der Waals surface area contributed by atoms with Crippen molar-refractivity contribution < 1.29 is 28.6 Å². The summed E-state index contributed by atoms with van der Waals surface area (Å²) in [7, 11) is 2.45. The molecule has 4 aromatic carbocycles. The summed E-state index contributed by atoms with van der Waals surface area (Å²) in [6, 6.07) is 27.9. The second-order valence-corrected chi connectivity index (χ2v) is 9.91. The van der Waals surface area contributed by atoms with E-state index in [9.17, 15) is 14.4 Å². The number of hydrogen-bond donors (Lipinski definition) is 0. The van der Waals surface area contributed by atoms with Gasteiger partial charge in [0.15, 0.2) is 11.8 Å². The third-order valence-corrected chi connectivity index (χ3v) is 7.56. The number of ketones is 1. The van der Waals surface area contributed by atoms with Crippen LogP contribution in [0, 0.1) is 6.92 Å². The van der Waals surface area contributed by atoms with Crippen molar-refractivity contribution in [3.8, 4) is 0 Å². The van der Waals surface area contributed by atoms with Crippen LogP contribution in [0.1, 0.15) is 27.0 Å². The maximum Gasteiger partial charge on any atom is 0.355 e. The first-order chi connectivity index (χ1) is 19.9. The summed E-state index contributed by atoms with van der Waals surface area (Å²) in [6.07, 6.45) is 2.63. The lowest BCUT2D eigenvalue weighted by molar-refractivity contribution is -0.145. The summed E-state index contributed by atoms with van der Waals surface area (Å²) < 4.78 is 17.3. The van der Waals surface area contributed by atoms with E-state index in [-0.39, 0.29) is 11.3 Å². The fraction of sp³-hybridized carbons (Fsp3) is 0.147. The van der Waals surface area contributed by atoms with Crippen LogP contribution in [0.25, 0.3) is 16.8 Å². The molecular weight excluding hydrogens is 518 g/mol. The van der Waals surface area contributed by atoms with Gasteiger partial charge in [0.2, 0.25) is 5.78 Å². The Labute approximate surface area is 237 Å². The van der Waals surface area contributed by atoms with Crippen molar-refractivity contribution in [1.82, 2.24) is 0 Å². The maximum absolute atomic E-state index is 14.5. The zero-order chi connectivity index (χ0) is 28.7. The van der Waals surface area contributed by atoms with Crippen molar-refractivity contribution in [1.29, 1.82) is 0 Å². The Morgan fingerprint density at radius 3 is 2.22 bits per heavy atom. The molecule has 1 spiro atoms. The van der Waals surface area contributed by atoms with E-state index in [2.05, 4.69) is 0 Å². The molecule has 1 heterocycles. The predicted octanol–water partition coefficient (Wildman–Crippen LogP) is 5.72. The number of ether oxygens (including phenoxy) is 3. The van der Waals surface area contributed by atoms with Crippen LogP contribution in [-0.4, -0.2) is 38.2 Å². The standard InChI is InChI=1S/C34H27NO6/c1-21-15-18-24(19-16-21)35-27(20-17-22-9-5-4-6-10-22)41-34(29(32(37)39-2)30(35)33(38)40-3)26-14-8-12-23-11-7-13-25(28(23)26)31(34)36/h4-20,27H,1-3H3/b20-17+/t27?,34-/m1/s1. The molecule has 1 aliphatic heterocycles. The van der Waals surface area contributed by atoms with Crippen molar-refractivity contribution in [2.45, 2.75) is 18.8 Å². The highest BCUT2D eigenvalue weighted by molar-refractivity contribution is 6.25. The van der Waals surface area contributed by atoms with Gasteiger partial charge < -0.3 is 19.1 Å². The van der Waals surface area contributed by atoms with E-state index in [0.717, 1.165) is 16.5 Å². The Morgan fingerprint density at radius 1 is 0.854 bits per heavy atom. The fourth-order valence-corrected chi connectivity index (χ4v) is 5.71. The van der Waals surface area contributed by atoms with Gasteiger partial charge in [-0.15, -0.1) is 0 Å². The van der Waals surface area contributed by atoms with Gasteiger partial charge in [-0.2, -0.15) is 0 Å². The van der Waals surface area contributed by atoms with Gasteiger partial charge in [-0.25, -0.2) is 9.59 Å². The molecule has 0 saturated carbocycles. The lowest BCUT2D eigenvalue weighted by Crippen LogP contribution is -2.55. The predicted molar refractivity (Wildman–Crippen MR) is 155 cm³/mol. The van der Waals surface area contributed by atoms with Crippen molar-refractivity contribution >= 4 is 40.3 Å². The summed E-state index contributed by atoms with van der Waals surface area (Å²) >= 11 is 0. The smallest absolute Gasteiger partial charge is 0.355 e. The molecule has 1 aliphatic carbocycles. The average Bonchev–Trinajstić information content (AvgIpc) is 3.24. The lowest BCUT2D eigenvalue weighted by atomic mass is 9.82. The Hall–Kier alpha value is -5.01. The molecule has 1 unspecified atom stereocenters. The Balaban J connectivity index is 1.70. The lowest BCUT2D eigenvalue weighted by Gasteiger charge is -2.45. The third kappa shape index (κ3) is 4.05. The monoisotopic (exact) mass is 545 g/mol. The average molecular weight is 546 g/mol. The van der Waals surface area contributed by atoms with Crippen LogP contribution in [0.4, 0.5) is 5.69 Å². The molecule has 0 N–H and O–H groups in total. The van der Waals surface area contributed by atoms with Gasteiger partial charge in [0.05, 0.1) is 14.2 Å². The van der Waals surface area contributed by atoms with Crippen LogP contribution < -0.4 is 4.90 Å². The summed E-state index contributed by atoms with van der Waals surface area (Å²) in [6.45, 7) is 1.95. The van der Waals surface area contributed by atoms with Crippen LogP contribution in [0.15, 0.2) is 108 Å². The first-order valence-corrected chi connectivity index (χ1v) is 13.2. The van der Waals surface area contributed by atoms with E-state index in [1.54, 1.807) is 35.2 Å². The summed E-state index contributed by atoms with van der Waals surface area (Å²) in [5, 5.41) is 1.48. The highest BCUT2D eigenvalue weighted by atomic mass is 16.6. The highest BCUT2D eigenvalue weighted by Crippen LogP contribution is 2.53. The molecule has 6 rings (SSSR count). The number of fused-ring (bicyclic) bond motifs is 1. The summed E-state index contributed by atoms with van der Waals surface area (Å²) in [5.41, 5.74) is 1.02. The van der Waals surface area contributed by atoms with Crippen molar-refractivity contribution in [2.24, 2.45) is 0 Å². The van der Waals surface area contributed by atoms with Crippen LogP contribution in [0.3, 0.4) is 0 Å². The van der Waals surface area contributed by atoms with E-state index in [0.29, 0.717) is 22.2 Å². The van der Waals surface area contributed by atoms with Gasteiger partial charge in [-0.1, -0.05) is 90.5 Å². The number of carbonyl (C=O) groups is 3. The van der Waals surface area contributed by atoms with Crippen LogP contribution >= 0.6 is 0 Å². The molecule has 0 saturated heterocycles. The number of nitrogens with zero attached hydrogens (tertiary/aromatic N) is 1. The molecule has 204 valence electrons. The number of carbonyl (C=O) groups excluding carboxylic acids is 3. The minimum absolute atomic E-state index is 0.129. The van der Waals surface area contributed by atoms with E-state index >= 15 is 0 Å². The second kappa shape index (κ2) is 10.2. The number of aryl methyl sites for hydroxylation is 1. The number of methoxy groups -OCH3 is 2. The molecule has 41 heavy (non-hydrogen) atoms. The van der Waals surface area contributed by atoms with Gasteiger partial charge in [0.1, 0.15) is 11.3 Å². The minimum atomic E-state index is -1.95. The number of hydrogen-bond acceptors (Lipinski definition) is 7. The van der Waals surface area contributed by atoms with Gasteiger partial charge in [-0.3, -0.25) is 4.79 Å². The van der Waals surface area contributed by atoms with Gasteiger partial charge in [0, 0.05) is 16.8 Å². The first kappa shape index (κ1) is 26.2. The number of rotatable bonds is 5. The highest BCUT2D eigenvalue weighted by Gasteiger charge is 2.61. The molecule has 0 radical (unpaired) electrons. The van der Waals surface area contributed by atoms with Crippen molar-refractivity contribution in [2.75, 3.05) is 19.1 Å². The zero-order valence-electron chi connectivity index (χ0n) is 22.8. The third-order valence-electron chi connectivity index (χ3n) is 7.56. The molecule has 7 heteroatoms. The zero-order valence-corrected chi connectivity index (χ0v) is 22.8. The number of anilines is 1. The molecule has 2 aliphatic rings. The van der Waals surface area contributed by atoms with Gasteiger partial charge in [-0.05, 0) is 41.5 Å². The Kier molecular flexibility index (Phi) is 6.52. The summed E-state index contributed by atoms with van der Waals surface area (Å²) in [4.78, 5) is 43.5. The number of benzene rings is 4. The molecule has 0 bridgehead atoms. The van der Waals surface area contributed by atoms with Crippen molar-refractivity contribution in [3.63, 3.8) is 0 Å². The Bertz CT molecular complexity index is 1750. The topological polar surface area (TPSA) is 82.1 Å². The molecule has 0 amide bonds.